The zero-order valence-corrected chi connectivity index (χ0v) is 38.0. The van der Waals surface area contributed by atoms with Gasteiger partial charge in [-0.1, -0.05) is 105 Å². The van der Waals surface area contributed by atoms with Crippen LogP contribution < -0.4 is 21.7 Å². The highest BCUT2D eigenvalue weighted by atomic mass is 16.7. The third kappa shape index (κ3) is 13.0. The van der Waals surface area contributed by atoms with Crippen LogP contribution in [0.5, 0.6) is 0 Å². The summed E-state index contributed by atoms with van der Waals surface area (Å²) in [4.78, 5) is 41.4. The minimum atomic E-state index is -0.607. The van der Waals surface area contributed by atoms with E-state index < -0.39 is 6.29 Å². The average molecular weight is 872 g/mol. The Bertz CT molecular complexity index is 2150. The second-order valence-corrected chi connectivity index (χ2v) is 19.1. The van der Waals surface area contributed by atoms with Crippen molar-refractivity contribution in [3.63, 3.8) is 0 Å². The Balaban J connectivity index is 0.954. The van der Waals surface area contributed by atoms with Gasteiger partial charge in [-0.15, -0.1) is 0 Å². The van der Waals surface area contributed by atoms with Crippen molar-refractivity contribution in [1.29, 1.82) is 0 Å². The molecule has 1 aliphatic carbocycles. The number of likely N-dealkylation sites (tertiary alicyclic amines) is 1. The lowest BCUT2D eigenvalue weighted by atomic mass is 9.75. The van der Waals surface area contributed by atoms with Gasteiger partial charge in [0, 0.05) is 49.5 Å². The van der Waals surface area contributed by atoms with Crippen molar-refractivity contribution >= 4 is 29.1 Å². The number of nitrogens with one attached hydrogen (secondary N) is 3. The largest absolute Gasteiger partial charge is 0.397 e. The summed E-state index contributed by atoms with van der Waals surface area (Å²) in [6, 6.07) is 32.0. The molecule has 2 heterocycles. The number of hydrogen-bond donors (Lipinski definition) is 5. The summed E-state index contributed by atoms with van der Waals surface area (Å²) in [5.74, 6) is 0.673. The molecule has 6 N–H and O–H groups in total. The summed E-state index contributed by atoms with van der Waals surface area (Å²) in [6.45, 7) is 7.22. The van der Waals surface area contributed by atoms with Crippen molar-refractivity contribution in [2.45, 2.75) is 154 Å². The van der Waals surface area contributed by atoms with Gasteiger partial charge >= 0.3 is 0 Å². The molecule has 11 heteroatoms. The predicted octanol–water partition coefficient (Wildman–Crippen LogP) is 9.51. The number of rotatable bonds is 17. The number of aliphatic hydroxyl groups excluding tert-OH is 1. The quantitative estimate of drug-likeness (QED) is 0.0519. The molecule has 2 saturated heterocycles. The molecule has 2 aliphatic heterocycles. The number of piperidine rings is 1. The number of benzene rings is 4. The molecule has 0 spiro atoms. The van der Waals surface area contributed by atoms with Crippen molar-refractivity contribution in [3.8, 4) is 11.1 Å². The fraction of sp³-hybridized carbons (Fsp3) is 0.491. The molecule has 0 aromatic heterocycles. The highest BCUT2D eigenvalue weighted by Crippen LogP contribution is 2.42. The first-order valence-electron chi connectivity index (χ1n) is 23.6. The molecule has 0 unspecified atom stereocenters. The molecule has 7 rings (SSSR count). The summed E-state index contributed by atoms with van der Waals surface area (Å²) >= 11 is 0. The van der Waals surface area contributed by atoms with Crippen molar-refractivity contribution in [2.75, 3.05) is 17.6 Å². The van der Waals surface area contributed by atoms with Gasteiger partial charge in [0.25, 0.3) is 0 Å². The normalized spacial score (nSPS) is 22.6. The van der Waals surface area contributed by atoms with Gasteiger partial charge in [-0.2, -0.15) is 0 Å². The van der Waals surface area contributed by atoms with E-state index in [0.717, 1.165) is 78.3 Å². The third-order valence-electron chi connectivity index (χ3n) is 13.1. The number of ether oxygens (including phenoxy) is 2. The first kappa shape index (κ1) is 46.9. The number of amides is 3. The lowest BCUT2D eigenvalue weighted by Crippen LogP contribution is -2.61. The van der Waals surface area contributed by atoms with Crippen LogP contribution in [0, 0.1) is 5.92 Å². The Labute approximate surface area is 379 Å². The van der Waals surface area contributed by atoms with Gasteiger partial charge in [0.15, 0.2) is 6.29 Å². The Hall–Kier alpha value is -5.07. The van der Waals surface area contributed by atoms with Crippen molar-refractivity contribution < 1.29 is 29.0 Å². The number of nitrogens with two attached hydrogens (primary N) is 1. The number of aliphatic hydroxyl groups is 1. The molecule has 4 aromatic carbocycles. The standard InChI is InChI=1S/C53H69N5O6/c1-53(2,3)57-51(62)47-30-29-39-14-8-11-18-46(39)58(47)34-43-32-48(40-23-21-36(35-59)22-24-40)64-52(63-43)41-27-25-38(26-28-41)42-15-12-13-37(31-42)33-55-49(60)19-6-4-5-7-20-50(61)56-45-17-10-9-16-44(45)54/h9-10,12-13,15-17,21-28,31,39,43,46-48,52,59H,4-8,11,14,18-20,29-30,32-35,54H2,1-3H3,(H,55,60)(H,56,61)(H,57,62)/t39-,43+,46-,47-,48-,52-/m1/s1. The van der Waals surface area contributed by atoms with Gasteiger partial charge in [-0.25, -0.2) is 0 Å². The number of carbonyl (C=O) groups excluding carboxylic acids is 3. The number of carbonyl (C=O) groups is 3. The maximum absolute atomic E-state index is 13.9. The molecule has 4 aromatic rings. The minimum Gasteiger partial charge on any atom is -0.397 e. The van der Waals surface area contributed by atoms with Crippen LogP contribution in [0.15, 0.2) is 97.1 Å². The van der Waals surface area contributed by atoms with E-state index in [0.29, 0.717) is 55.7 Å². The number of anilines is 2. The smallest absolute Gasteiger partial charge is 0.237 e. The highest BCUT2D eigenvalue weighted by Gasteiger charge is 2.44. The number of para-hydroxylation sites is 2. The summed E-state index contributed by atoms with van der Waals surface area (Å²) in [5, 5.41) is 19.0. The number of fused-ring (bicyclic) bond motifs is 1. The summed E-state index contributed by atoms with van der Waals surface area (Å²) in [5.41, 5.74) is 12.7. The van der Waals surface area contributed by atoms with Crippen molar-refractivity contribution in [3.05, 3.63) is 119 Å². The number of unbranched alkanes of at least 4 members (excludes halogenated alkanes) is 3. The van der Waals surface area contributed by atoms with E-state index in [1.165, 1.54) is 19.3 Å². The fourth-order valence-electron chi connectivity index (χ4n) is 9.73. The van der Waals surface area contributed by atoms with Crippen LogP contribution in [0.25, 0.3) is 11.1 Å². The first-order valence-corrected chi connectivity index (χ1v) is 23.6. The molecule has 0 bridgehead atoms. The third-order valence-corrected chi connectivity index (χ3v) is 13.1. The van der Waals surface area contributed by atoms with Gasteiger partial charge in [-0.05, 0) is 111 Å². The van der Waals surface area contributed by atoms with E-state index in [9.17, 15) is 19.5 Å². The molecule has 1 saturated carbocycles. The van der Waals surface area contributed by atoms with Gasteiger partial charge in [0.1, 0.15) is 0 Å². The summed E-state index contributed by atoms with van der Waals surface area (Å²) in [7, 11) is 0. The Morgan fingerprint density at radius 3 is 2.20 bits per heavy atom. The summed E-state index contributed by atoms with van der Waals surface area (Å²) in [6.07, 6.45) is 10.5. The predicted molar refractivity (Wildman–Crippen MR) is 253 cm³/mol. The van der Waals surface area contributed by atoms with Crippen molar-refractivity contribution in [2.24, 2.45) is 5.92 Å². The fourth-order valence-corrected chi connectivity index (χ4v) is 9.73. The zero-order chi connectivity index (χ0) is 45.1. The Morgan fingerprint density at radius 2 is 1.47 bits per heavy atom. The molecule has 3 aliphatic rings. The van der Waals surface area contributed by atoms with Crippen LogP contribution in [0.4, 0.5) is 11.4 Å². The molecule has 64 heavy (non-hydrogen) atoms. The van der Waals surface area contributed by atoms with Crippen LogP contribution in [0.2, 0.25) is 0 Å². The number of nitrogens with zero attached hydrogens (tertiary/aromatic N) is 1. The van der Waals surface area contributed by atoms with Crippen LogP contribution >= 0.6 is 0 Å². The average Bonchev–Trinajstić information content (AvgIpc) is 3.30. The minimum absolute atomic E-state index is 0.0161. The van der Waals surface area contributed by atoms with E-state index in [4.69, 9.17) is 15.2 Å². The first-order chi connectivity index (χ1) is 30.9. The van der Waals surface area contributed by atoms with E-state index in [1.54, 1.807) is 12.1 Å². The van der Waals surface area contributed by atoms with Crippen LogP contribution in [-0.2, 0) is 37.0 Å². The number of nitrogen functional groups attached to an aromatic ring is 1. The van der Waals surface area contributed by atoms with Gasteiger partial charge in [0.2, 0.25) is 17.7 Å². The SMILES string of the molecule is CC(C)(C)NC(=O)[C@H]1CC[C@H]2CCCC[C@H]2N1C[C@@H]1C[C@H](c2ccc(CO)cc2)O[C@H](c2ccc(-c3cccc(CNC(=O)CCCCCCC(=O)Nc4ccccc4N)c3)cc2)O1. The Morgan fingerprint density at radius 1 is 0.750 bits per heavy atom. The highest BCUT2D eigenvalue weighted by molar-refractivity contribution is 5.93. The van der Waals surface area contributed by atoms with Crippen LogP contribution in [0.1, 0.15) is 139 Å². The van der Waals surface area contributed by atoms with E-state index in [-0.39, 0.29) is 48.1 Å². The topological polar surface area (TPSA) is 155 Å². The summed E-state index contributed by atoms with van der Waals surface area (Å²) < 4.78 is 13.6. The zero-order valence-electron chi connectivity index (χ0n) is 38.0. The van der Waals surface area contributed by atoms with E-state index in [1.807, 2.05) is 69.3 Å². The molecule has 342 valence electrons. The Kier molecular flexibility index (Phi) is 16.3. The molecule has 11 nitrogen and oxygen atoms in total. The van der Waals surface area contributed by atoms with Gasteiger partial charge in [0.05, 0.1) is 36.2 Å². The van der Waals surface area contributed by atoms with Gasteiger partial charge < -0.3 is 36.3 Å². The lowest BCUT2D eigenvalue weighted by Gasteiger charge is -2.50. The number of hydrogen-bond acceptors (Lipinski definition) is 8. The van der Waals surface area contributed by atoms with Crippen molar-refractivity contribution in [1.82, 2.24) is 15.5 Å². The lowest BCUT2D eigenvalue weighted by molar-refractivity contribution is -0.255. The molecule has 0 radical (unpaired) electrons. The molecule has 3 fully saturated rings. The second-order valence-electron chi connectivity index (χ2n) is 19.1. The molecule has 3 amide bonds. The molecule has 6 atom stereocenters. The van der Waals surface area contributed by atoms with E-state index in [2.05, 4.69) is 57.2 Å². The monoisotopic (exact) mass is 872 g/mol. The maximum Gasteiger partial charge on any atom is 0.237 e. The van der Waals surface area contributed by atoms with Crippen LogP contribution in [0.3, 0.4) is 0 Å². The van der Waals surface area contributed by atoms with Crippen LogP contribution in [-0.4, -0.2) is 58.0 Å². The molecular formula is C53H69N5O6. The van der Waals surface area contributed by atoms with Gasteiger partial charge in [-0.3, -0.25) is 19.3 Å². The second kappa shape index (κ2) is 22.2. The molecular weight excluding hydrogens is 803 g/mol. The van der Waals surface area contributed by atoms with E-state index >= 15 is 0 Å². The maximum atomic E-state index is 13.9.